The minimum absolute atomic E-state index is 0.0213. The SMILES string of the molecule is Cc1[nH]n2nc(-c3ccc(NCOCOS(=O)(=O)CCCNC4CCCCC4)cc3)nc2c1Cl. The fourth-order valence-corrected chi connectivity index (χ4v) is 4.97. The predicted octanol–water partition coefficient (Wildman–Crippen LogP) is 3.69. The van der Waals surface area contributed by atoms with Crippen molar-refractivity contribution in [2.75, 3.05) is 31.1 Å². The van der Waals surface area contributed by atoms with E-state index < -0.39 is 10.1 Å². The van der Waals surface area contributed by atoms with Crippen molar-refractivity contribution in [3.05, 3.63) is 35.0 Å². The minimum atomic E-state index is -3.60. The van der Waals surface area contributed by atoms with Crippen LogP contribution >= 0.6 is 11.6 Å². The fourth-order valence-electron chi connectivity index (χ4n) is 3.97. The van der Waals surface area contributed by atoms with Crippen LogP contribution in [0.2, 0.25) is 5.02 Å². The number of halogens is 1. The molecule has 0 bridgehead atoms. The van der Waals surface area contributed by atoms with Crippen molar-refractivity contribution in [2.24, 2.45) is 0 Å². The Kier molecular flexibility index (Phi) is 8.43. The maximum absolute atomic E-state index is 12.0. The molecule has 0 atom stereocenters. The number of nitrogens with one attached hydrogen (secondary N) is 3. The average molecular weight is 511 g/mol. The number of nitrogens with zero attached hydrogens (tertiary/aromatic N) is 3. The first-order valence-electron chi connectivity index (χ1n) is 11.5. The van der Waals surface area contributed by atoms with Gasteiger partial charge in [0.25, 0.3) is 10.1 Å². The Labute approximate surface area is 204 Å². The molecule has 1 fully saturated rings. The number of anilines is 1. The van der Waals surface area contributed by atoms with E-state index in [1.165, 1.54) is 32.1 Å². The largest absolute Gasteiger partial charge is 0.363 e. The Hall–Kier alpha value is -2.18. The smallest absolute Gasteiger partial charge is 0.269 e. The zero-order valence-electron chi connectivity index (χ0n) is 19.2. The Balaban J connectivity index is 1.13. The standard InChI is InChI=1S/C22H31ClN6O4S/c1-16-20(23)22-26-21(28-29(22)27-16)17-8-10-19(11-9-17)25-14-32-15-33-34(30,31)13-5-12-24-18-6-3-2-4-7-18/h8-11,18,24-25,27H,2-7,12-15H2,1H3. The van der Waals surface area contributed by atoms with Gasteiger partial charge in [-0.2, -0.15) is 13.0 Å². The average Bonchev–Trinajstić information content (AvgIpc) is 3.36. The van der Waals surface area contributed by atoms with Gasteiger partial charge in [-0.1, -0.05) is 30.9 Å². The Morgan fingerprint density at radius 1 is 1.21 bits per heavy atom. The lowest BCUT2D eigenvalue weighted by Crippen LogP contribution is -2.32. The van der Waals surface area contributed by atoms with Gasteiger partial charge in [-0.15, -0.1) is 5.10 Å². The number of aryl methyl sites for hydroxylation is 1. The molecule has 10 nitrogen and oxygen atoms in total. The summed E-state index contributed by atoms with van der Waals surface area (Å²) in [6.07, 6.45) is 6.69. The van der Waals surface area contributed by atoms with E-state index in [0.717, 1.165) is 16.9 Å². The molecule has 186 valence electrons. The van der Waals surface area contributed by atoms with Gasteiger partial charge in [-0.25, -0.2) is 9.17 Å². The third kappa shape index (κ3) is 6.70. The predicted molar refractivity (Wildman–Crippen MR) is 131 cm³/mol. The molecule has 34 heavy (non-hydrogen) atoms. The molecule has 1 saturated carbocycles. The van der Waals surface area contributed by atoms with E-state index in [-0.39, 0.29) is 19.3 Å². The fraction of sp³-hybridized carbons (Fsp3) is 0.545. The molecule has 0 unspecified atom stereocenters. The number of hydrogen-bond donors (Lipinski definition) is 3. The van der Waals surface area contributed by atoms with E-state index in [4.69, 9.17) is 20.5 Å². The van der Waals surface area contributed by atoms with Crippen molar-refractivity contribution in [2.45, 2.75) is 51.5 Å². The van der Waals surface area contributed by atoms with Gasteiger partial charge in [0.15, 0.2) is 18.3 Å². The van der Waals surface area contributed by atoms with Crippen molar-refractivity contribution in [3.8, 4) is 11.4 Å². The van der Waals surface area contributed by atoms with E-state index in [1.54, 1.807) is 4.63 Å². The molecule has 0 radical (unpaired) electrons. The molecule has 3 N–H and O–H groups in total. The molecule has 1 aromatic carbocycles. The second-order valence-corrected chi connectivity index (χ2v) is 10.6. The summed E-state index contributed by atoms with van der Waals surface area (Å²) in [6.45, 7) is 2.33. The van der Waals surface area contributed by atoms with Gasteiger partial charge in [-0.05, 0) is 57.0 Å². The van der Waals surface area contributed by atoms with Crippen LogP contribution in [0.15, 0.2) is 24.3 Å². The molecule has 3 aromatic rings. The first-order valence-corrected chi connectivity index (χ1v) is 13.5. The number of aromatic nitrogens is 4. The van der Waals surface area contributed by atoms with Crippen LogP contribution < -0.4 is 10.6 Å². The summed E-state index contributed by atoms with van der Waals surface area (Å²) >= 11 is 6.21. The van der Waals surface area contributed by atoms with E-state index in [1.807, 2.05) is 31.2 Å². The van der Waals surface area contributed by atoms with Crippen LogP contribution in [0.1, 0.15) is 44.2 Å². The highest BCUT2D eigenvalue weighted by atomic mass is 35.5. The zero-order valence-corrected chi connectivity index (χ0v) is 20.8. The van der Waals surface area contributed by atoms with Crippen molar-refractivity contribution < 1.29 is 17.3 Å². The van der Waals surface area contributed by atoms with Crippen molar-refractivity contribution in [1.82, 2.24) is 25.1 Å². The number of fused-ring (bicyclic) bond motifs is 1. The summed E-state index contributed by atoms with van der Waals surface area (Å²) in [5, 5.41) is 14.5. The van der Waals surface area contributed by atoms with Gasteiger partial charge in [0.05, 0.1) is 11.4 Å². The lowest BCUT2D eigenvalue weighted by atomic mass is 9.95. The first-order chi connectivity index (χ1) is 16.4. The van der Waals surface area contributed by atoms with E-state index in [9.17, 15) is 8.42 Å². The van der Waals surface area contributed by atoms with Crippen LogP contribution in [-0.4, -0.2) is 60.1 Å². The number of aromatic amines is 1. The molecule has 1 aliphatic rings. The normalized spacial score (nSPS) is 15.2. The van der Waals surface area contributed by atoms with Crippen LogP contribution in [-0.2, 0) is 19.0 Å². The topological polar surface area (TPSA) is 123 Å². The second kappa shape index (κ2) is 11.5. The number of hydrogen-bond acceptors (Lipinski definition) is 8. The van der Waals surface area contributed by atoms with Crippen LogP contribution in [0.25, 0.3) is 17.0 Å². The van der Waals surface area contributed by atoms with Crippen molar-refractivity contribution in [3.63, 3.8) is 0 Å². The maximum Gasteiger partial charge on any atom is 0.269 e. The van der Waals surface area contributed by atoms with Crippen molar-refractivity contribution in [1.29, 1.82) is 0 Å². The third-order valence-electron chi connectivity index (χ3n) is 5.85. The highest BCUT2D eigenvalue weighted by molar-refractivity contribution is 7.86. The lowest BCUT2D eigenvalue weighted by Gasteiger charge is -2.22. The van der Waals surface area contributed by atoms with Gasteiger partial charge in [0, 0.05) is 17.3 Å². The quantitative estimate of drug-likeness (QED) is 0.191. The second-order valence-electron chi connectivity index (χ2n) is 8.46. The summed E-state index contributed by atoms with van der Waals surface area (Å²) in [6, 6.07) is 7.99. The van der Waals surface area contributed by atoms with Gasteiger partial charge in [0.2, 0.25) is 0 Å². The van der Waals surface area contributed by atoms with Gasteiger partial charge >= 0.3 is 0 Å². The Morgan fingerprint density at radius 2 is 1.97 bits per heavy atom. The molecule has 0 spiro atoms. The van der Waals surface area contributed by atoms with Crippen LogP contribution in [0.3, 0.4) is 0 Å². The molecule has 0 amide bonds. The summed E-state index contributed by atoms with van der Waals surface area (Å²) in [4.78, 5) is 4.46. The van der Waals surface area contributed by atoms with Gasteiger partial charge in [-0.3, -0.25) is 5.10 Å². The molecule has 2 heterocycles. The highest BCUT2D eigenvalue weighted by Gasteiger charge is 2.15. The molecule has 0 aliphatic heterocycles. The minimum Gasteiger partial charge on any atom is -0.363 e. The molecule has 4 rings (SSSR count). The van der Waals surface area contributed by atoms with Crippen LogP contribution in [0.5, 0.6) is 0 Å². The zero-order chi connectivity index (χ0) is 24.0. The molecular formula is C22H31ClN6O4S. The van der Waals surface area contributed by atoms with Crippen LogP contribution in [0, 0.1) is 6.92 Å². The summed E-state index contributed by atoms with van der Waals surface area (Å²) in [5.41, 5.74) is 3.04. The lowest BCUT2D eigenvalue weighted by molar-refractivity contribution is 0.0295. The summed E-state index contributed by atoms with van der Waals surface area (Å²) < 4.78 is 35.7. The molecule has 0 saturated heterocycles. The van der Waals surface area contributed by atoms with E-state index >= 15 is 0 Å². The third-order valence-corrected chi connectivity index (χ3v) is 7.54. The first kappa shape index (κ1) is 24.9. The van der Waals surface area contributed by atoms with Gasteiger partial charge in [0.1, 0.15) is 11.8 Å². The molecule has 12 heteroatoms. The van der Waals surface area contributed by atoms with E-state index in [2.05, 4.69) is 25.8 Å². The maximum atomic E-state index is 12.0. The number of ether oxygens (including phenoxy) is 1. The van der Waals surface area contributed by atoms with E-state index in [0.29, 0.717) is 35.5 Å². The van der Waals surface area contributed by atoms with Crippen molar-refractivity contribution >= 4 is 33.1 Å². The molecule has 2 aromatic heterocycles. The van der Waals surface area contributed by atoms with Gasteiger partial charge < -0.3 is 15.4 Å². The molecule has 1 aliphatic carbocycles. The number of H-pyrrole nitrogens is 1. The Morgan fingerprint density at radius 3 is 2.71 bits per heavy atom. The number of rotatable bonds is 12. The number of benzene rings is 1. The molecular weight excluding hydrogens is 480 g/mol. The van der Waals surface area contributed by atoms with Crippen LogP contribution in [0.4, 0.5) is 5.69 Å². The summed E-state index contributed by atoms with van der Waals surface area (Å²) in [5.74, 6) is 0.538. The monoisotopic (exact) mass is 510 g/mol. The highest BCUT2D eigenvalue weighted by Crippen LogP contribution is 2.24. The summed E-state index contributed by atoms with van der Waals surface area (Å²) in [7, 11) is -3.60. The Bertz CT molecular complexity index is 1170.